The fourth-order valence-corrected chi connectivity index (χ4v) is 2.90. The Labute approximate surface area is 175 Å². The molecule has 0 unspecified atom stereocenters. The van der Waals surface area contributed by atoms with Crippen molar-refractivity contribution >= 4 is 17.5 Å². The maximum Gasteiger partial charge on any atom is 0.261 e. The third-order valence-electron chi connectivity index (χ3n) is 4.66. The third-order valence-corrected chi connectivity index (χ3v) is 4.91. The number of hydrogen-bond donors (Lipinski definition) is 0. The van der Waals surface area contributed by atoms with Crippen molar-refractivity contribution in [2.45, 2.75) is 40.3 Å². The van der Waals surface area contributed by atoms with Gasteiger partial charge in [0, 0.05) is 16.6 Å². The van der Waals surface area contributed by atoms with Crippen molar-refractivity contribution in [3.05, 3.63) is 64.5 Å². The van der Waals surface area contributed by atoms with Crippen molar-refractivity contribution in [1.29, 1.82) is 0 Å². The van der Waals surface area contributed by atoms with Crippen LogP contribution in [0.3, 0.4) is 0 Å². The molecule has 0 atom stereocenters. The first kappa shape index (κ1) is 20.9. The van der Waals surface area contributed by atoms with Crippen LogP contribution in [-0.4, -0.2) is 33.6 Å². The molecule has 0 spiro atoms. The van der Waals surface area contributed by atoms with Crippen LogP contribution in [0.25, 0.3) is 11.4 Å². The molecular weight excluding hydrogens is 390 g/mol. The summed E-state index contributed by atoms with van der Waals surface area (Å²) in [6.07, 6.45) is 0. The zero-order valence-corrected chi connectivity index (χ0v) is 17.7. The van der Waals surface area contributed by atoms with Gasteiger partial charge < -0.3 is 14.2 Å². The van der Waals surface area contributed by atoms with Crippen molar-refractivity contribution in [1.82, 2.24) is 15.0 Å². The van der Waals surface area contributed by atoms with E-state index in [0.717, 1.165) is 11.1 Å². The molecule has 29 heavy (non-hydrogen) atoms. The first-order valence-corrected chi connectivity index (χ1v) is 9.79. The van der Waals surface area contributed by atoms with Crippen molar-refractivity contribution in [2.24, 2.45) is 0 Å². The largest absolute Gasteiger partial charge is 0.484 e. The highest BCUT2D eigenvalue weighted by Gasteiger charge is 2.21. The summed E-state index contributed by atoms with van der Waals surface area (Å²) in [4.78, 5) is 18.8. The van der Waals surface area contributed by atoms with Gasteiger partial charge in [-0.15, -0.1) is 0 Å². The first-order valence-electron chi connectivity index (χ1n) is 9.41. The number of rotatable bonds is 7. The zero-order chi connectivity index (χ0) is 21.0. The lowest BCUT2D eigenvalue weighted by molar-refractivity contribution is -0.136. The van der Waals surface area contributed by atoms with E-state index in [-0.39, 0.29) is 25.1 Å². The third kappa shape index (κ3) is 5.35. The van der Waals surface area contributed by atoms with Crippen LogP contribution in [0.1, 0.15) is 30.9 Å². The molecule has 3 aromatic rings. The molecule has 0 bridgehead atoms. The van der Waals surface area contributed by atoms with Gasteiger partial charge in [-0.1, -0.05) is 22.8 Å². The molecular formula is C22H24ClN3O3. The summed E-state index contributed by atoms with van der Waals surface area (Å²) in [6.45, 7) is 8.08. The maximum absolute atomic E-state index is 12.7. The minimum atomic E-state index is -0.149. The molecule has 2 aromatic carbocycles. The summed E-state index contributed by atoms with van der Waals surface area (Å²) in [5.74, 6) is 1.35. The van der Waals surface area contributed by atoms with Gasteiger partial charge in [0.15, 0.2) is 6.61 Å². The minimum Gasteiger partial charge on any atom is -0.484 e. The smallest absolute Gasteiger partial charge is 0.261 e. The summed E-state index contributed by atoms with van der Waals surface area (Å²) in [6, 6.07) is 12.9. The molecule has 0 aliphatic rings. The molecule has 1 aromatic heterocycles. The number of carbonyl (C=O) groups is 1. The summed E-state index contributed by atoms with van der Waals surface area (Å²) in [7, 11) is 0. The van der Waals surface area contributed by atoms with Gasteiger partial charge in [0.1, 0.15) is 12.3 Å². The van der Waals surface area contributed by atoms with E-state index >= 15 is 0 Å². The zero-order valence-electron chi connectivity index (χ0n) is 17.0. The molecule has 0 saturated heterocycles. The van der Waals surface area contributed by atoms with Crippen LogP contribution in [0.2, 0.25) is 5.02 Å². The molecule has 0 radical (unpaired) electrons. The van der Waals surface area contributed by atoms with E-state index in [1.165, 1.54) is 5.56 Å². The monoisotopic (exact) mass is 413 g/mol. The quantitative estimate of drug-likeness (QED) is 0.555. The number of aryl methyl sites for hydroxylation is 2. The van der Waals surface area contributed by atoms with Gasteiger partial charge in [0.25, 0.3) is 5.91 Å². The molecule has 6 nitrogen and oxygen atoms in total. The van der Waals surface area contributed by atoms with Gasteiger partial charge in [0.05, 0.1) is 0 Å². The SMILES string of the molecule is Cc1ccc(OCC(=O)N(Cc2nc(-c3ccc(Cl)cc3)no2)C(C)C)cc1C. The fraction of sp³-hybridized carbons (Fsp3) is 0.318. The summed E-state index contributed by atoms with van der Waals surface area (Å²) < 4.78 is 11.0. The highest BCUT2D eigenvalue weighted by atomic mass is 35.5. The Balaban J connectivity index is 1.65. The van der Waals surface area contributed by atoms with Crippen LogP contribution in [0, 0.1) is 13.8 Å². The van der Waals surface area contributed by atoms with Crippen LogP contribution in [0.4, 0.5) is 0 Å². The van der Waals surface area contributed by atoms with Crippen LogP contribution < -0.4 is 4.74 Å². The minimum absolute atomic E-state index is 0.0447. The highest BCUT2D eigenvalue weighted by molar-refractivity contribution is 6.30. The average molecular weight is 414 g/mol. The summed E-state index contributed by atoms with van der Waals surface area (Å²) >= 11 is 5.91. The van der Waals surface area contributed by atoms with Crippen LogP contribution in [0.15, 0.2) is 47.0 Å². The fourth-order valence-electron chi connectivity index (χ4n) is 2.77. The topological polar surface area (TPSA) is 68.5 Å². The summed E-state index contributed by atoms with van der Waals surface area (Å²) in [5.41, 5.74) is 3.10. The number of benzene rings is 2. The predicted octanol–water partition coefficient (Wildman–Crippen LogP) is 4.82. The van der Waals surface area contributed by atoms with E-state index in [4.69, 9.17) is 20.9 Å². The Morgan fingerprint density at radius 1 is 1.14 bits per heavy atom. The molecule has 152 valence electrons. The van der Waals surface area contributed by atoms with Gasteiger partial charge in [-0.2, -0.15) is 4.98 Å². The Bertz CT molecular complexity index is 983. The normalized spacial score (nSPS) is 11.0. The lowest BCUT2D eigenvalue weighted by Crippen LogP contribution is -2.39. The van der Waals surface area contributed by atoms with Crippen molar-refractivity contribution in [2.75, 3.05) is 6.61 Å². The van der Waals surface area contributed by atoms with Crippen molar-refractivity contribution in [3.8, 4) is 17.1 Å². The molecule has 0 saturated carbocycles. The van der Waals surface area contributed by atoms with E-state index in [1.807, 2.05) is 58.0 Å². The standard InChI is InChI=1S/C22H24ClN3O3/c1-14(2)26(21(27)13-28-19-10-5-15(3)16(4)11-19)12-20-24-22(25-29-20)17-6-8-18(23)9-7-17/h5-11,14H,12-13H2,1-4H3. The lowest BCUT2D eigenvalue weighted by atomic mass is 10.1. The Kier molecular flexibility index (Phi) is 6.54. The Hall–Kier alpha value is -2.86. The number of hydrogen-bond acceptors (Lipinski definition) is 5. The van der Waals surface area contributed by atoms with Gasteiger partial charge in [-0.25, -0.2) is 0 Å². The van der Waals surface area contributed by atoms with Gasteiger partial charge >= 0.3 is 0 Å². The van der Waals surface area contributed by atoms with Crippen molar-refractivity contribution in [3.63, 3.8) is 0 Å². The van der Waals surface area contributed by atoms with E-state index in [0.29, 0.717) is 22.5 Å². The average Bonchev–Trinajstić information content (AvgIpc) is 3.16. The van der Waals surface area contributed by atoms with Crippen LogP contribution in [0.5, 0.6) is 5.75 Å². The second-order valence-corrected chi connectivity index (χ2v) is 7.61. The number of amides is 1. The second-order valence-electron chi connectivity index (χ2n) is 7.17. The molecule has 1 amide bonds. The van der Waals surface area contributed by atoms with Gasteiger partial charge in [0.2, 0.25) is 11.7 Å². The van der Waals surface area contributed by atoms with E-state index in [1.54, 1.807) is 17.0 Å². The lowest BCUT2D eigenvalue weighted by Gasteiger charge is -2.25. The first-order chi connectivity index (χ1) is 13.8. The second kappa shape index (κ2) is 9.09. The van der Waals surface area contributed by atoms with E-state index in [2.05, 4.69) is 10.1 Å². The van der Waals surface area contributed by atoms with Crippen molar-refractivity contribution < 1.29 is 14.1 Å². The molecule has 3 rings (SSSR count). The predicted molar refractivity (Wildman–Crippen MR) is 112 cm³/mol. The van der Waals surface area contributed by atoms with Crippen LogP contribution >= 0.6 is 11.6 Å². The molecule has 0 N–H and O–H groups in total. The van der Waals surface area contributed by atoms with Gasteiger partial charge in [-0.3, -0.25) is 4.79 Å². The Morgan fingerprint density at radius 3 is 2.52 bits per heavy atom. The van der Waals surface area contributed by atoms with Crippen LogP contribution in [-0.2, 0) is 11.3 Å². The molecule has 0 aliphatic carbocycles. The molecule has 7 heteroatoms. The van der Waals surface area contributed by atoms with E-state index in [9.17, 15) is 4.79 Å². The number of ether oxygens (including phenoxy) is 1. The molecule has 0 aliphatic heterocycles. The number of carbonyl (C=O) groups excluding carboxylic acids is 1. The molecule has 1 heterocycles. The number of aromatic nitrogens is 2. The number of nitrogens with zero attached hydrogens (tertiary/aromatic N) is 3. The maximum atomic E-state index is 12.7. The Morgan fingerprint density at radius 2 is 1.86 bits per heavy atom. The number of halogens is 1. The highest BCUT2D eigenvalue weighted by Crippen LogP contribution is 2.20. The summed E-state index contributed by atoms with van der Waals surface area (Å²) in [5, 5.41) is 4.64. The van der Waals surface area contributed by atoms with Gasteiger partial charge in [-0.05, 0) is 75.2 Å². The molecule has 0 fully saturated rings. The van der Waals surface area contributed by atoms with E-state index < -0.39 is 0 Å².